The lowest BCUT2D eigenvalue weighted by atomic mass is 10.8. The average molecular weight is 125 g/mol. The molecule has 0 radical (unpaired) electrons. The predicted octanol–water partition coefficient (Wildman–Crippen LogP) is -0.0280. The third kappa shape index (κ3) is 1.42. The molecule has 0 saturated heterocycles. The number of nitrogens with zero attached hydrogens (tertiary/aromatic N) is 3. The van der Waals surface area contributed by atoms with Crippen LogP contribution in [0.25, 0.3) is 0 Å². The van der Waals surface area contributed by atoms with Crippen LogP contribution in [-0.2, 0) is 0 Å². The second kappa shape index (κ2) is 2.67. The van der Waals surface area contributed by atoms with Gasteiger partial charge in [0.1, 0.15) is 6.07 Å². The standard InChI is InChI=1S/C4H3N3O2/c5-1-2-8-4-7-6-3-9-4/h3H,2H2. The highest BCUT2D eigenvalue weighted by atomic mass is 16.6. The predicted molar refractivity (Wildman–Crippen MR) is 25.4 cm³/mol. The van der Waals surface area contributed by atoms with Crippen molar-refractivity contribution in [3.05, 3.63) is 6.39 Å². The molecule has 0 bridgehead atoms. The monoisotopic (exact) mass is 125 g/mol. The van der Waals surface area contributed by atoms with Crippen LogP contribution in [0.2, 0.25) is 0 Å². The van der Waals surface area contributed by atoms with Gasteiger partial charge in [-0.25, -0.2) is 0 Å². The van der Waals surface area contributed by atoms with Crippen LogP contribution in [0.4, 0.5) is 0 Å². The van der Waals surface area contributed by atoms with Gasteiger partial charge in [0.15, 0.2) is 6.61 Å². The molecule has 0 unspecified atom stereocenters. The fraction of sp³-hybridized carbons (Fsp3) is 0.250. The summed E-state index contributed by atoms with van der Waals surface area (Å²) in [7, 11) is 0. The molecule has 0 aliphatic heterocycles. The number of aromatic nitrogens is 2. The molecule has 9 heavy (non-hydrogen) atoms. The number of ether oxygens (including phenoxy) is 1. The SMILES string of the molecule is N#CCOc1nnco1. The van der Waals surface area contributed by atoms with Crippen molar-refractivity contribution in [3.63, 3.8) is 0 Å². The summed E-state index contributed by atoms with van der Waals surface area (Å²) in [6.07, 6.45) is 1.16. The van der Waals surface area contributed by atoms with Gasteiger partial charge >= 0.3 is 6.08 Å². The molecule has 0 saturated carbocycles. The Balaban J connectivity index is 2.41. The van der Waals surface area contributed by atoms with E-state index in [-0.39, 0.29) is 12.7 Å². The second-order valence-corrected chi connectivity index (χ2v) is 1.15. The van der Waals surface area contributed by atoms with Gasteiger partial charge in [-0.05, 0) is 0 Å². The lowest BCUT2D eigenvalue weighted by Crippen LogP contribution is -1.92. The van der Waals surface area contributed by atoms with E-state index in [0.29, 0.717) is 0 Å². The average Bonchev–Trinajstić information content (AvgIpc) is 2.34. The van der Waals surface area contributed by atoms with E-state index >= 15 is 0 Å². The summed E-state index contributed by atoms with van der Waals surface area (Å²) in [6, 6.07) is 1.76. The summed E-state index contributed by atoms with van der Waals surface area (Å²) in [5, 5.41) is 14.7. The Morgan fingerprint density at radius 2 is 2.78 bits per heavy atom. The van der Waals surface area contributed by atoms with Gasteiger partial charge in [-0.3, -0.25) is 0 Å². The minimum absolute atomic E-state index is 0.0246. The van der Waals surface area contributed by atoms with Crippen molar-refractivity contribution in [1.82, 2.24) is 10.2 Å². The highest BCUT2D eigenvalue weighted by molar-refractivity contribution is 4.81. The van der Waals surface area contributed by atoms with E-state index in [2.05, 4.69) is 19.4 Å². The molecule has 0 aliphatic carbocycles. The zero-order valence-electron chi connectivity index (χ0n) is 4.44. The highest BCUT2D eigenvalue weighted by Crippen LogP contribution is 1.99. The van der Waals surface area contributed by atoms with E-state index in [1.807, 2.05) is 0 Å². The lowest BCUT2D eigenvalue weighted by Gasteiger charge is -1.87. The van der Waals surface area contributed by atoms with Gasteiger partial charge in [0.25, 0.3) is 0 Å². The van der Waals surface area contributed by atoms with Gasteiger partial charge < -0.3 is 9.15 Å². The Bertz CT molecular complexity index is 200. The minimum atomic E-state index is -0.0673. The number of hydrogen-bond donors (Lipinski definition) is 0. The molecular weight excluding hydrogens is 122 g/mol. The van der Waals surface area contributed by atoms with Gasteiger partial charge in [-0.2, -0.15) is 5.26 Å². The van der Waals surface area contributed by atoms with Gasteiger partial charge in [0, 0.05) is 0 Å². The zero-order chi connectivity index (χ0) is 6.53. The summed E-state index contributed by atoms with van der Waals surface area (Å²) in [4.78, 5) is 0. The van der Waals surface area contributed by atoms with Crippen LogP contribution in [0.15, 0.2) is 10.8 Å². The number of nitriles is 1. The molecule has 0 aliphatic rings. The van der Waals surface area contributed by atoms with E-state index in [4.69, 9.17) is 5.26 Å². The maximum absolute atomic E-state index is 8.00. The van der Waals surface area contributed by atoms with Gasteiger partial charge in [-0.1, -0.05) is 5.10 Å². The number of hydrogen-bond acceptors (Lipinski definition) is 5. The summed E-state index contributed by atoms with van der Waals surface area (Å²) >= 11 is 0. The Labute approximate surface area is 50.9 Å². The van der Waals surface area contributed by atoms with Crippen LogP contribution in [-0.4, -0.2) is 16.8 Å². The first-order valence-corrected chi connectivity index (χ1v) is 2.19. The molecule has 0 aromatic carbocycles. The molecule has 46 valence electrons. The largest absolute Gasteiger partial charge is 0.434 e. The summed E-state index contributed by atoms with van der Waals surface area (Å²) in [6.45, 7) is -0.0673. The van der Waals surface area contributed by atoms with Gasteiger partial charge in [-0.15, -0.1) is 5.10 Å². The Morgan fingerprint density at radius 3 is 3.33 bits per heavy atom. The zero-order valence-corrected chi connectivity index (χ0v) is 4.44. The van der Waals surface area contributed by atoms with Crippen molar-refractivity contribution >= 4 is 0 Å². The Morgan fingerprint density at radius 1 is 1.89 bits per heavy atom. The molecular formula is C4H3N3O2. The van der Waals surface area contributed by atoms with E-state index < -0.39 is 0 Å². The minimum Gasteiger partial charge on any atom is -0.434 e. The third-order valence-electron chi connectivity index (χ3n) is 0.600. The molecule has 1 aromatic heterocycles. The second-order valence-electron chi connectivity index (χ2n) is 1.15. The third-order valence-corrected chi connectivity index (χ3v) is 0.600. The van der Waals surface area contributed by atoms with Crippen molar-refractivity contribution in [1.29, 1.82) is 5.26 Å². The van der Waals surface area contributed by atoms with Crippen molar-refractivity contribution in [3.8, 4) is 12.1 Å². The first-order chi connectivity index (χ1) is 4.43. The van der Waals surface area contributed by atoms with Crippen LogP contribution >= 0.6 is 0 Å². The molecule has 0 fully saturated rings. The molecule has 1 rings (SSSR count). The summed E-state index contributed by atoms with van der Waals surface area (Å²) in [5.74, 6) is 0. The lowest BCUT2D eigenvalue weighted by molar-refractivity contribution is 0.261. The Hall–Kier alpha value is -1.57. The summed E-state index contributed by atoms with van der Waals surface area (Å²) < 4.78 is 9.13. The van der Waals surface area contributed by atoms with Crippen LogP contribution in [0.1, 0.15) is 0 Å². The maximum atomic E-state index is 8.00. The first-order valence-electron chi connectivity index (χ1n) is 2.19. The van der Waals surface area contributed by atoms with E-state index in [1.165, 1.54) is 0 Å². The maximum Gasteiger partial charge on any atom is 0.415 e. The van der Waals surface area contributed by atoms with Crippen molar-refractivity contribution in [2.45, 2.75) is 0 Å². The van der Waals surface area contributed by atoms with Crippen molar-refractivity contribution < 1.29 is 9.15 Å². The topological polar surface area (TPSA) is 71.9 Å². The van der Waals surface area contributed by atoms with Crippen LogP contribution in [0, 0.1) is 11.3 Å². The van der Waals surface area contributed by atoms with Crippen molar-refractivity contribution in [2.24, 2.45) is 0 Å². The van der Waals surface area contributed by atoms with E-state index in [1.54, 1.807) is 6.07 Å². The van der Waals surface area contributed by atoms with E-state index in [0.717, 1.165) is 6.39 Å². The molecule has 5 heteroatoms. The molecule has 5 nitrogen and oxygen atoms in total. The fourth-order valence-electron chi connectivity index (χ4n) is 0.320. The van der Waals surface area contributed by atoms with E-state index in [9.17, 15) is 0 Å². The normalized spacial score (nSPS) is 8.33. The van der Waals surface area contributed by atoms with Crippen LogP contribution in [0.3, 0.4) is 0 Å². The molecule has 0 N–H and O–H groups in total. The molecule has 0 amide bonds. The fourth-order valence-corrected chi connectivity index (χ4v) is 0.320. The van der Waals surface area contributed by atoms with Crippen LogP contribution in [0.5, 0.6) is 6.08 Å². The first kappa shape index (κ1) is 5.56. The van der Waals surface area contributed by atoms with Crippen molar-refractivity contribution in [2.75, 3.05) is 6.61 Å². The molecule has 0 atom stereocenters. The van der Waals surface area contributed by atoms with Gasteiger partial charge in [0.05, 0.1) is 0 Å². The smallest absolute Gasteiger partial charge is 0.415 e. The molecule has 0 spiro atoms. The number of rotatable bonds is 2. The quantitative estimate of drug-likeness (QED) is 0.555. The van der Waals surface area contributed by atoms with Crippen LogP contribution < -0.4 is 4.74 Å². The Kier molecular flexibility index (Phi) is 1.65. The summed E-state index contributed by atoms with van der Waals surface area (Å²) in [5.41, 5.74) is 0. The van der Waals surface area contributed by atoms with Gasteiger partial charge in [0.2, 0.25) is 6.39 Å². The molecule has 1 heterocycles. The highest BCUT2D eigenvalue weighted by Gasteiger charge is 1.94. The molecule has 1 aromatic rings.